The number of ether oxygens (including phenoxy) is 1. The van der Waals surface area contributed by atoms with E-state index in [1.165, 1.54) is 18.9 Å². The summed E-state index contributed by atoms with van der Waals surface area (Å²) in [5.74, 6) is 0.395. The van der Waals surface area contributed by atoms with E-state index in [-0.39, 0.29) is 5.91 Å². The molecule has 0 aromatic heterocycles. The first-order valence-electron chi connectivity index (χ1n) is 6.11. The standard InChI is InChI=1S/C14H16N2O3S/c1-19-14(18)11-6-2-3-7-12(11)16-13(17)10-20-9-5-4-8-15/h2-3,6-7H,4-5,9-10H2,1H3,(H,16,17). The van der Waals surface area contributed by atoms with Crippen molar-refractivity contribution in [1.82, 2.24) is 0 Å². The third kappa shape index (κ3) is 5.33. The summed E-state index contributed by atoms with van der Waals surface area (Å²) in [6, 6.07) is 8.76. The highest BCUT2D eigenvalue weighted by molar-refractivity contribution is 7.99. The average Bonchev–Trinajstić information content (AvgIpc) is 2.47. The van der Waals surface area contributed by atoms with Crippen LogP contribution in [0.3, 0.4) is 0 Å². The molecule has 0 aliphatic carbocycles. The van der Waals surface area contributed by atoms with Gasteiger partial charge in [-0.05, 0) is 24.3 Å². The number of carbonyl (C=O) groups is 2. The molecule has 0 spiro atoms. The second-order valence-corrected chi connectivity index (χ2v) is 5.00. The first-order chi connectivity index (χ1) is 9.69. The zero-order valence-corrected chi connectivity index (χ0v) is 12.0. The van der Waals surface area contributed by atoms with Gasteiger partial charge in [0.05, 0.1) is 30.2 Å². The molecule has 0 unspecified atom stereocenters. The van der Waals surface area contributed by atoms with E-state index < -0.39 is 5.97 Å². The Labute approximate surface area is 122 Å². The van der Waals surface area contributed by atoms with E-state index in [2.05, 4.69) is 16.1 Å². The molecule has 1 rings (SSSR count). The van der Waals surface area contributed by atoms with Crippen molar-refractivity contribution in [3.8, 4) is 6.07 Å². The van der Waals surface area contributed by atoms with Gasteiger partial charge in [-0.1, -0.05) is 12.1 Å². The van der Waals surface area contributed by atoms with Crippen molar-refractivity contribution in [3.05, 3.63) is 29.8 Å². The fourth-order valence-electron chi connectivity index (χ4n) is 1.48. The predicted molar refractivity (Wildman–Crippen MR) is 78.6 cm³/mol. The monoisotopic (exact) mass is 292 g/mol. The molecule has 1 amide bonds. The first kappa shape index (κ1) is 16.1. The average molecular weight is 292 g/mol. The molecule has 0 aliphatic heterocycles. The van der Waals surface area contributed by atoms with E-state index in [0.29, 0.717) is 23.4 Å². The minimum absolute atomic E-state index is 0.177. The number of hydrogen-bond donors (Lipinski definition) is 1. The van der Waals surface area contributed by atoms with Crippen LogP contribution >= 0.6 is 11.8 Å². The predicted octanol–water partition coefficient (Wildman–Crippen LogP) is 2.45. The molecule has 0 heterocycles. The van der Waals surface area contributed by atoms with Crippen LogP contribution in [-0.4, -0.2) is 30.5 Å². The maximum absolute atomic E-state index is 11.8. The third-order valence-electron chi connectivity index (χ3n) is 2.42. The molecule has 0 aliphatic rings. The first-order valence-corrected chi connectivity index (χ1v) is 7.26. The lowest BCUT2D eigenvalue weighted by Gasteiger charge is -2.09. The summed E-state index contributed by atoms with van der Waals surface area (Å²) in [4.78, 5) is 23.3. The van der Waals surface area contributed by atoms with Gasteiger partial charge in [0.1, 0.15) is 0 Å². The van der Waals surface area contributed by atoms with Crippen molar-refractivity contribution in [3.63, 3.8) is 0 Å². The van der Waals surface area contributed by atoms with Crippen LogP contribution in [0.5, 0.6) is 0 Å². The summed E-state index contributed by atoms with van der Waals surface area (Å²) >= 11 is 1.46. The lowest BCUT2D eigenvalue weighted by Crippen LogP contribution is -2.17. The highest BCUT2D eigenvalue weighted by Crippen LogP contribution is 2.16. The Balaban J connectivity index is 2.50. The molecule has 0 radical (unpaired) electrons. The summed E-state index contributed by atoms with van der Waals surface area (Å²) < 4.78 is 4.66. The van der Waals surface area contributed by atoms with Gasteiger partial charge in [0.2, 0.25) is 5.91 Å². The van der Waals surface area contributed by atoms with E-state index >= 15 is 0 Å². The second kappa shape index (κ2) is 8.99. The summed E-state index contributed by atoms with van der Waals surface area (Å²) in [6.07, 6.45) is 1.27. The van der Waals surface area contributed by atoms with Gasteiger partial charge in [-0.2, -0.15) is 17.0 Å². The van der Waals surface area contributed by atoms with Gasteiger partial charge in [-0.25, -0.2) is 4.79 Å². The SMILES string of the molecule is COC(=O)c1ccccc1NC(=O)CSCCCC#N. The molecule has 1 aromatic rings. The van der Waals surface area contributed by atoms with Crippen LogP contribution in [0, 0.1) is 11.3 Å². The molecule has 1 N–H and O–H groups in total. The molecule has 6 heteroatoms. The molecule has 0 fully saturated rings. The van der Waals surface area contributed by atoms with E-state index in [1.807, 2.05) is 0 Å². The third-order valence-corrected chi connectivity index (χ3v) is 3.46. The maximum atomic E-state index is 11.8. The normalized spacial score (nSPS) is 9.60. The van der Waals surface area contributed by atoms with Crippen LogP contribution < -0.4 is 5.32 Å². The van der Waals surface area contributed by atoms with Crippen LogP contribution in [0.4, 0.5) is 5.69 Å². The fraction of sp³-hybridized carbons (Fsp3) is 0.357. The highest BCUT2D eigenvalue weighted by atomic mass is 32.2. The van der Waals surface area contributed by atoms with Gasteiger partial charge >= 0.3 is 5.97 Å². The largest absolute Gasteiger partial charge is 0.465 e. The number of nitrogens with zero attached hydrogens (tertiary/aromatic N) is 1. The second-order valence-electron chi connectivity index (χ2n) is 3.90. The maximum Gasteiger partial charge on any atom is 0.339 e. The smallest absolute Gasteiger partial charge is 0.339 e. The molecule has 0 saturated heterocycles. The van der Waals surface area contributed by atoms with Crippen molar-refractivity contribution in [2.75, 3.05) is 23.9 Å². The number of esters is 1. The van der Waals surface area contributed by atoms with Gasteiger partial charge in [-0.3, -0.25) is 4.79 Å². The van der Waals surface area contributed by atoms with E-state index in [9.17, 15) is 9.59 Å². The van der Waals surface area contributed by atoms with Gasteiger partial charge in [0, 0.05) is 6.42 Å². The molecule has 5 nitrogen and oxygen atoms in total. The molecular formula is C14H16N2O3S. The number of nitriles is 1. The minimum atomic E-state index is -0.484. The van der Waals surface area contributed by atoms with Gasteiger partial charge in [-0.15, -0.1) is 0 Å². The number of rotatable bonds is 7. The number of benzene rings is 1. The molecule has 0 bridgehead atoms. The Hall–Kier alpha value is -2.00. The molecule has 1 aromatic carbocycles. The highest BCUT2D eigenvalue weighted by Gasteiger charge is 2.12. The Morgan fingerprint density at radius 3 is 2.85 bits per heavy atom. The molecule has 0 saturated carbocycles. The Morgan fingerprint density at radius 1 is 1.40 bits per heavy atom. The minimum Gasteiger partial charge on any atom is -0.465 e. The Morgan fingerprint density at radius 2 is 2.15 bits per heavy atom. The number of anilines is 1. The molecule has 106 valence electrons. The number of amides is 1. The van der Waals surface area contributed by atoms with E-state index in [1.54, 1.807) is 24.3 Å². The lowest BCUT2D eigenvalue weighted by atomic mass is 10.2. The van der Waals surface area contributed by atoms with Crippen molar-refractivity contribution in [2.45, 2.75) is 12.8 Å². The quantitative estimate of drug-likeness (QED) is 0.617. The van der Waals surface area contributed by atoms with Crippen molar-refractivity contribution in [2.24, 2.45) is 0 Å². The Bertz CT molecular complexity index is 511. The number of para-hydroxylation sites is 1. The zero-order chi connectivity index (χ0) is 14.8. The number of hydrogen-bond acceptors (Lipinski definition) is 5. The summed E-state index contributed by atoms with van der Waals surface area (Å²) in [5.41, 5.74) is 0.778. The number of nitrogens with one attached hydrogen (secondary N) is 1. The van der Waals surface area contributed by atoms with E-state index in [0.717, 1.165) is 12.2 Å². The number of thioether (sulfide) groups is 1. The van der Waals surface area contributed by atoms with Gasteiger partial charge < -0.3 is 10.1 Å². The van der Waals surface area contributed by atoms with Crippen LogP contribution in [-0.2, 0) is 9.53 Å². The molecular weight excluding hydrogens is 276 g/mol. The van der Waals surface area contributed by atoms with Gasteiger partial charge in [0.25, 0.3) is 0 Å². The van der Waals surface area contributed by atoms with Crippen LogP contribution in [0.25, 0.3) is 0 Å². The van der Waals surface area contributed by atoms with Crippen LogP contribution in [0.15, 0.2) is 24.3 Å². The van der Waals surface area contributed by atoms with Crippen LogP contribution in [0.1, 0.15) is 23.2 Å². The van der Waals surface area contributed by atoms with Crippen molar-refractivity contribution < 1.29 is 14.3 Å². The molecule has 20 heavy (non-hydrogen) atoms. The number of unbranched alkanes of at least 4 members (excludes halogenated alkanes) is 1. The van der Waals surface area contributed by atoms with Crippen molar-refractivity contribution in [1.29, 1.82) is 5.26 Å². The van der Waals surface area contributed by atoms with Gasteiger partial charge in [0.15, 0.2) is 0 Å². The summed E-state index contributed by atoms with van der Waals surface area (Å²) in [5, 5.41) is 11.1. The topological polar surface area (TPSA) is 79.2 Å². The number of carbonyl (C=O) groups excluding carboxylic acids is 2. The lowest BCUT2D eigenvalue weighted by molar-refractivity contribution is -0.113. The number of methoxy groups -OCH3 is 1. The van der Waals surface area contributed by atoms with Crippen LogP contribution in [0.2, 0.25) is 0 Å². The summed E-state index contributed by atoms with van der Waals surface area (Å²) in [7, 11) is 1.30. The summed E-state index contributed by atoms with van der Waals surface area (Å²) in [6.45, 7) is 0. The van der Waals surface area contributed by atoms with Crippen molar-refractivity contribution >= 4 is 29.3 Å². The fourth-order valence-corrected chi connectivity index (χ4v) is 2.23. The van der Waals surface area contributed by atoms with E-state index in [4.69, 9.17) is 5.26 Å². The Kier molecular flexibility index (Phi) is 7.22. The molecule has 0 atom stereocenters. The zero-order valence-electron chi connectivity index (χ0n) is 11.2.